The lowest BCUT2D eigenvalue weighted by atomic mass is 9.66. The van der Waals surface area contributed by atoms with E-state index in [4.69, 9.17) is 19.2 Å². The van der Waals surface area contributed by atoms with Gasteiger partial charge < -0.3 is 19.2 Å². The van der Waals surface area contributed by atoms with Gasteiger partial charge >= 0.3 is 0 Å². The third kappa shape index (κ3) is 29.3. The van der Waals surface area contributed by atoms with Crippen LogP contribution in [-0.4, -0.2) is 55.5 Å². The van der Waals surface area contributed by atoms with Gasteiger partial charge in [-0.1, -0.05) is 484 Å². The second-order valence-electron chi connectivity index (χ2n) is 36.2. The minimum absolute atomic E-state index is 0.188. The minimum Gasteiger partial charge on any atom is -0.822 e. The fraction of sp³-hybridized carbons (Fsp3) is 0.400. The highest BCUT2D eigenvalue weighted by atomic mass is 31.2. The van der Waals surface area contributed by atoms with Crippen molar-refractivity contribution in [2.45, 2.75) is 250 Å². The summed E-state index contributed by atoms with van der Waals surface area (Å²) in [5.41, 5.74) is 18.8. The lowest BCUT2D eigenvalue weighted by molar-refractivity contribution is -0.432. The number of hydrogen-bond donors (Lipinski definition) is 0. The molecule has 0 N–H and O–H groups in total. The molecule has 12 aromatic rings. The average molecular weight is 1790 g/mol. The molecule has 0 saturated heterocycles. The molecule has 0 aliphatic heterocycles. The molecule has 4 nitrogen and oxygen atoms in total. The maximum Gasteiger partial charge on any atom is 0.0945 e. The monoisotopic (exact) mass is 1790 g/mol. The lowest BCUT2D eigenvalue weighted by Crippen LogP contribution is -2.31. The zero-order valence-corrected chi connectivity index (χ0v) is 83.2. The molecule has 0 saturated carbocycles. The predicted molar refractivity (Wildman–Crippen MR) is 559 cm³/mol. The van der Waals surface area contributed by atoms with Crippen LogP contribution in [0.15, 0.2) is 364 Å². The first-order chi connectivity index (χ1) is 62.6. The maximum absolute atomic E-state index is 8.55. The second kappa shape index (κ2) is 56.0. The SMILES string of the molecule is CCCC[P+](CCCC)(CCCC)C(CCC(c1ccccc1)(c1ccccc1)c1ccccc1)c1ccccc1.CCCC[P+](CCCC)(CCCC)C(CCC(c1ccccc1)(c1ccccc1)c1ccccc1)c1ccccc1.CCCC[P+](CCCC)(CCCC)C(CCC(c1ccccc1)(c1ccccc1)c1ccccc1)c1ccccc1.O=P([O-])([O-])[O-]. The highest BCUT2D eigenvalue weighted by molar-refractivity contribution is 7.77. The van der Waals surface area contributed by atoms with Crippen LogP contribution < -0.4 is 14.7 Å². The quantitative estimate of drug-likeness (QED) is 0.0281. The summed E-state index contributed by atoms with van der Waals surface area (Å²) >= 11 is 0. The van der Waals surface area contributed by atoms with Crippen LogP contribution in [0.3, 0.4) is 0 Å². The smallest absolute Gasteiger partial charge is 0.0945 e. The third-order valence-corrected chi connectivity index (χ3v) is 44.4. The standard InChI is InChI=1S/3C40H52P.H3O4P/c3*1-4-7-32-41(33-8-5-2,34-9-6-3)39(35-22-14-10-15-23-35)30-31-40(36-24-16-11-17-25-36,37-26-18-12-19-27-37)38-28-20-13-21-29-38;1-5(2,3)4/h3*10-29,39H,4-9,30-34H2,1-3H3;(H3,1,2,3,4)/q3*+1;/p-3. The Labute approximate surface area is 779 Å². The van der Waals surface area contributed by atoms with Crippen molar-refractivity contribution in [3.05, 3.63) is 431 Å². The van der Waals surface area contributed by atoms with Gasteiger partial charge in [0.15, 0.2) is 0 Å². The van der Waals surface area contributed by atoms with Gasteiger partial charge in [-0.3, -0.25) is 0 Å². The normalized spacial score (nSPS) is 12.7. The van der Waals surface area contributed by atoms with E-state index in [1.54, 1.807) is 16.7 Å². The number of phosphoric acid groups is 1. The predicted octanol–water partition coefficient (Wildman–Crippen LogP) is 33.1. The Bertz CT molecular complexity index is 4030. The van der Waals surface area contributed by atoms with Crippen molar-refractivity contribution >= 4 is 29.6 Å². The van der Waals surface area contributed by atoms with Gasteiger partial charge in [-0.25, -0.2) is 0 Å². The molecule has 128 heavy (non-hydrogen) atoms. The number of rotatable bonds is 51. The Balaban J connectivity index is 0.000000211. The van der Waals surface area contributed by atoms with E-state index < -0.39 is 29.6 Å². The minimum atomic E-state index is -5.39. The van der Waals surface area contributed by atoms with Gasteiger partial charge in [-0.15, -0.1) is 0 Å². The highest BCUT2D eigenvalue weighted by Crippen LogP contribution is 2.76. The summed E-state index contributed by atoms with van der Waals surface area (Å²) in [5.74, 6) is 0. The Morgan fingerprint density at radius 1 is 0.203 bits per heavy atom. The first-order valence-corrected chi connectivity index (χ1v) is 58.2. The van der Waals surface area contributed by atoms with E-state index in [1.165, 1.54) is 240 Å². The van der Waals surface area contributed by atoms with E-state index in [9.17, 15) is 0 Å². The molecule has 12 rings (SSSR count). The molecule has 0 bridgehead atoms. The van der Waals surface area contributed by atoms with Crippen molar-refractivity contribution in [1.82, 2.24) is 0 Å². The van der Waals surface area contributed by atoms with Crippen LogP contribution in [-0.2, 0) is 20.8 Å². The van der Waals surface area contributed by atoms with Gasteiger partial charge in [0.05, 0.1) is 72.4 Å². The van der Waals surface area contributed by atoms with Gasteiger partial charge in [-0.2, -0.15) is 7.82 Å². The molecule has 680 valence electrons. The van der Waals surface area contributed by atoms with Crippen LogP contribution in [0, 0.1) is 0 Å². The van der Waals surface area contributed by atoms with Crippen LogP contribution in [0.25, 0.3) is 0 Å². The lowest BCUT2D eigenvalue weighted by Gasteiger charge is -2.40. The zero-order chi connectivity index (χ0) is 90.9. The molecule has 0 aliphatic rings. The molecule has 8 heteroatoms. The third-order valence-electron chi connectivity index (χ3n) is 27.9. The van der Waals surface area contributed by atoms with Gasteiger partial charge in [0.1, 0.15) is 0 Å². The molecule has 12 aromatic carbocycles. The van der Waals surface area contributed by atoms with Crippen LogP contribution >= 0.6 is 29.6 Å². The second-order valence-corrected chi connectivity index (χ2v) is 50.3. The molecule has 0 amide bonds. The molecule has 3 unspecified atom stereocenters. The van der Waals surface area contributed by atoms with E-state index in [0.717, 1.165) is 19.3 Å². The van der Waals surface area contributed by atoms with Gasteiger partial charge in [0, 0.05) is 38.0 Å². The topological polar surface area (TPSA) is 86.2 Å². The van der Waals surface area contributed by atoms with Crippen molar-refractivity contribution < 1.29 is 19.2 Å². The summed E-state index contributed by atoms with van der Waals surface area (Å²) in [6.45, 7) is 21.5. The summed E-state index contributed by atoms with van der Waals surface area (Å²) in [7, 11) is -9.10. The molecule has 0 spiro atoms. The number of benzene rings is 12. The van der Waals surface area contributed by atoms with Crippen LogP contribution in [0.4, 0.5) is 0 Å². The van der Waals surface area contributed by atoms with Gasteiger partial charge in [0.2, 0.25) is 0 Å². The fourth-order valence-corrected chi connectivity index (χ4v) is 39.1. The fourth-order valence-electron chi connectivity index (χ4n) is 21.3. The number of unbranched alkanes of at least 4 members (excludes halogenated alkanes) is 9. The van der Waals surface area contributed by atoms with Crippen molar-refractivity contribution in [1.29, 1.82) is 0 Å². The van der Waals surface area contributed by atoms with Crippen LogP contribution in [0.1, 0.15) is 300 Å². The molecule has 0 aromatic heterocycles. The first-order valence-electron chi connectivity index (χ1n) is 49.5. The molecular formula is C120H156O4P4. The average Bonchev–Trinajstić information content (AvgIpc) is 0.757. The largest absolute Gasteiger partial charge is 0.822 e. The summed E-state index contributed by atoms with van der Waals surface area (Å²) in [4.78, 5) is 25.6. The Hall–Kier alpha value is -7.96. The van der Waals surface area contributed by atoms with Crippen LogP contribution in [0.2, 0.25) is 0 Å². The van der Waals surface area contributed by atoms with E-state index >= 15 is 0 Å². The maximum atomic E-state index is 8.55. The van der Waals surface area contributed by atoms with E-state index in [1.807, 2.05) is 0 Å². The van der Waals surface area contributed by atoms with Crippen molar-refractivity contribution in [2.24, 2.45) is 0 Å². The van der Waals surface area contributed by atoms with Crippen molar-refractivity contribution in [2.75, 3.05) is 55.5 Å². The summed E-state index contributed by atoms with van der Waals surface area (Å²) in [5, 5.41) is 0. The Morgan fingerprint density at radius 2 is 0.312 bits per heavy atom. The molecule has 0 aliphatic carbocycles. The first kappa shape index (κ1) is 104. The Kier molecular flexibility index (Phi) is 45.4. The van der Waals surface area contributed by atoms with Crippen LogP contribution in [0.5, 0.6) is 0 Å². The zero-order valence-electron chi connectivity index (χ0n) is 79.6. The highest BCUT2D eigenvalue weighted by Gasteiger charge is 2.51. The van der Waals surface area contributed by atoms with Gasteiger partial charge in [0.25, 0.3) is 0 Å². The molecule has 0 fully saturated rings. The molecule has 3 atom stereocenters. The van der Waals surface area contributed by atoms with Gasteiger partial charge in [-0.05, 0) is 163 Å². The Morgan fingerprint density at radius 3 is 0.422 bits per heavy atom. The molecule has 0 radical (unpaired) electrons. The van der Waals surface area contributed by atoms with E-state index in [0.29, 0.717) is 17.0 Å². The molecular weight excluding hydrogens is 1630 g/mol. The summed E-state index contributed by atoms with van der Waals surface area (Å²) in [6, 6.07) is 137. The molecule has 0 heterocycles. The van der Waals surface area contributed by atoms with E-state index in [-0.39, 0.29) is 16.2 Å². The van der Waals surface area contributed by atoms with E-state index in [2.05, 4.69) is 426 Å². The summed E-state index contributed by atoms with van der Waals surface area (Å²) in [6.07, 6.45) is 43.9. The number of hydrogen-bond acceptors (Lipinski definition) is 4. The van der Waals surface area contributed by atoms with Crippen molar-refractivity contribution in [3.8, 4) is 0 Å². The van der Waals surface area contributed by atoms with Crippen molar-refractivity contribution in [3.63, 3.8) is 0 Å². The summed E-state index contributed by atoms with van der Waals surface area (Å²) < 4.78 is 8.55.